The van der Waals surface area contributed by atoms with Gasteiger partial charge in [-0.3, -0.25) is 0 Å². The zero-order valence-electron chi connectivity index (χ0n) is 11.0. The van der Waals surface area contributed by atoms with Crippen molar-refractivity contribution in [2.24, 2.45) is 5.92 Å². The van der Waals surface area contributed by atoms with Crippen LogP contribution < -0.4 is 0 Å². The Morgan fingerprint density at radius 3 is 1.15 bits per heavy atom. The largest absolute Gasteiger partial charge is 0.382 e. The summed E-state index contributed by atoms with van der Waals surface area (Å²) >= 11 is 0. The molecular formula is C12H30O. The van der Waals surface area contributed by atoms with Gasteiger partial charge < -0.3 is 4.74 Å². The van der Waals surface area contributed by atoms with Crippen LogP contribution in [0.5, 0.6) is 0 Å². The van der Waals surface area contributed by atoms with Gasteiger partial charge in [-0.2, -0.15) is 0 Å². The van der Waals surface area contributed by atoms with Gasteiger partial charge in [-0.1, -0.05) is 48.0 Å². The van der Waals surface area contributed by atoms with E-state index in [1.54, 1.807) is 7.11 Å². The molecule has 0 fully saturated rings. The molecule has 1 atom stereocenters. The van der Waals surface area contributed by atoms with E-state index in [-0.39, 0.29) is 0 Å². The highest BCUT2D eigenvalue weighted by Gasteiger charge is 1.88. The molecule has 0 aromatic carbocycles. The summed E-state index contributed by atoms with van der Waals surface area (Å²) in [4.78, 5) is 0. The van der Waals surface area contributed by atoms with Crippen LogP contribution in [0.15, 0.2) is 0 Å². The van der Waals surface area contributed by atoms with Crippen molar-refractivity contribution in [3.8, 4) is 0 Å². The predicted octanol–water partition coefficient (Wildman–Crippen LogP) is 4.51. The van der Waals surface area contributed by atoms with Crippen LogP contribution in [0.2, 0.25) is 0 Å². The van der Waals surface area contributed by atoms with Gasteiger partial charge in [0.25, 0.3) is 0 Å². The summed E-state index contributed by atoms with van der Waals surface area (Å²) in [5.41, 5.74) is 0. The Morgan fingerprint density at radius 1 is 0.923 bits per heavy atom. The van der Waals surface area contributed by atoms with E-state index >= 15 is 0 Å². The lowest BCUT2D eigenvalue weighted by molar-refractivity contribution is 0.115. The molecule has 0 N–H and O–H groups in total. The van der Waals surface area contributed by atoms with Gasteiger partial charge in [-0.05, 0) is 19.3 Å². The van der Waals surface area contributed by atoms with Gasteiger partial charge in [-0.15, -0.1) is 0 Å². The second kappa shape index (κ2) is 17.9. The molecule has 0 heterocycles. The third-order valence-corrected chi connectivity index (χ3v) is 0.977. The van der Waals surface area contributed by atoms with Gasteiger partial charge >= 0.3 is 0 Å². The summed E-state index contributed by atoms with van der Waals surface area (Å²) in [5.74, 6) is 0.833. The topological polar surface area (TPSA) is 9.23 Å². The Hall–Kier alpha value is -0.0400. The molecule has 13 heavy (non-hydrogen) atoms. The molecule has 0 aromatic heterocycles. The first-order valence-corrected chi connectivity index (χ1v) is 5.48. The highest BCUT2D eigenvalue weighted by Crippen LogP contribution is 1.89. The SMILES string of the molecule is CC(C)C.CCC.CCC(C)OC. The van der Waals surface area contributed by atoms with E-state index in [2.05, 4.69) is 48.5 Å². The fraction of sp³-hybridized carbons (Fsp3) is 1.00. The molecule has 1 unspecified atom stereocenters. The van der Waals surface area contributed by atoms with E-state index in [0.717, 1.165) is 12.3 Å². The average Bonchev–Trinajstić information content (AvgIpc) is 2.03. The number of rotatable bonds is 2. The number of methoxy groups -OCH3 is 1. The molecule has 0 saturated carbocycles. The summed E-state index contributed by atoms with van der Waals surface area (Å²) < 4.78 is 4.90. The minimum atomic E-state index is 0.435. The lowest BCUT2D eigenvalue weighted by Gasteiger charge is -2.01. The molecule has 0 aliphatic heterocycles. The molecule has 0 amide bonds. The smallest absolute Gasteiger partial charge is 0.0540 e. The minimum Gasteiger partial charge on any atom is -0.382 e. The highest BCUT2D eigenvalue weighted by molar-refractivity contribution is 4.38. The normalized spacial score (nSPS) is 10.8. The van der Waals surface area contributed by atoms with Crippen molar-refractivity contribution in [2.45, 2.75) is 67.4 Å². The summed E-state index contributed by atoms with van der Waals surface area (Å²) in [6.45, 7) is 14.9. The van der Waals surface area contributed by atoms with E-state index in [0.29, 0.717) is 6.10 Å². The van der Waals surface area contributed by atoms with Crippen LogP contribution in [0.25, 0.3) is 0 Å². The molecule has 1 nitrogen and oxygen atoms in total. The van der Waals surface area contributed by atoms with Crippen LogP contribution in [-0.4, -0.2) is 13.2 Å². The predicted molar refractivity (Wildman–Crippen MR) is 63.2 cm³/mol. The maximum absolute atomic E-state index is 4.90. The van der Waals surface area contributed by atoms with E-state index in [4.69, 9.17) is 4.74 Å². The average molecular weight is 190 g/mol. The minimum absolute atomic E-state index is 0.435. The fourth-order valence-corrected chi connectivity index (χ4v) is 0.167. The van der Waals surface area contributed by atoms with Crippen molar-refractivity contribution in [1.29, 1.82) is 0 Å². The van der Waals surface area contributed by atoms with E-state index < -0.39 is 0 Å². The highest BCUT2D eigenvalue weighted by atomic mass is 16.5. The molecule has 84 valence electrons. The van der Waals surface area contributed by atoms with Crippen molar-refractivity contribution in [3.63, 3.8) is 0 Å². The summed E-state index contributed by atoms with van der Waals surface area (Å²) in [6.07, 6.45) is 2.79. The monoisotopic (exact) mass is 190 g/mol. The third kappa shape index (κ3) is 75.7. The quantitative estimate of drug-likeness (QED) is 0.622. The summed E-state index contributed by atoms with van der Waals surface area (Å²) in [6, 6.07) is 0. The standard InChI is InChI=1S/C5H12O.C4H10.C3H8/c1-4-5(2)6-3;1-4(2)3;1-3-2/h5H,4H2,1-3H3;4H,1-3H3;3H2,1-2H3. The Morgan fingerprint density at radius 2 is 1.15 bits per heavy atom. The molecule has 0 saturated heterocycles. The van der Waals surface area contributed by atoms with Gasteiger partial charge in [0, 0.05) is 7.11 Å². The summed E-state index contributed by atoms with van der Waals surface area (Å²) in [7, 11) is 1.73. The van der Waals surface area contributed by atoms with Gasteiger partial charge in [0.2, 0.25) is 0 Å². The number of ether oxygens (including phenoxy) is 1. The molecule has 0 aromatic rings. The molecule has 0 spiro atoms. The van der Waals surface area contributed by atoms with Crippen molar-refractivity contribution in [2.75, 3.05) is 7.11 Å². The lowest BCUT2D eigenvalue weighted by Crippen LogP contribution is -2.00. The zero-order valence-corrected chi connectivity index (χ0v) is 11.0. The maximum Gasteiger partial charge on any atom is 0.0540 e. The number of hydrogen-bond acceptors (Lipinski definition) is 1. The third-order valence-electron chi connectivity index (χ3n) is 0.977. The van der Waals surface area contributed by atoms with Crippen molar-refractivity contribution in [3.05, 3.63) is 0 Å². The van der Waals surface area contributed by atoms with Crippen LogP contribution >= 0.6 is 0 Å². The number of hydrogen-bond donors (Lipinski definition) is 0. The van der Waals surface area contributed by atoms with Gasteiger partial charge in [-0.25, -0.2) is 0 Å². The molecule has 0 aliphatic rings. The lowest BCUT2D eigenvalue weighted by atomic mass is 10.3. The maximum atomic E-state index is 4.90. The van der Waals surface area contributed by atoms with E-state index in [1.165, 1.54) is 6.42 Å². The van der Waals surface area contributed by atoms with Crippen LogP contribution in [0.4, 0.5) is 0 Å². The fourth-order valence-electron chi connectivity index (χ4n) is 0.167. The van der Waals surface area contributed by atoms with Crippen molar-refractivity contribution >= 4 is 0 Å². The van der Waals surface area contributed by atoms with Crippen molar-refractivity contribution < 1.29 is 4.74 Å². The Kier molecular flexibility index (Phi) is 25.7. The molecule has 0 rings (SSSR count). The molecule has 0 aliphatic carbocycles. The van der Waals surface area contributed by atoms with Crippen LogP contribution in [0, 0.1) is 5.92 Å². The van der Waals surface area contributed by atoms with E-state index in [9.17, 15) is 0 Å². The Balaban J connectivity index is -0.000000125. The molecule has 1 heteroatoms. The van der Waals surface area contributed by atoms with Gasteiger partial charge in [0.15, 0.2) is 0 Å². The second-order valence-corrected chi connectivity index (χ2v) is 3.89. The zero-order chi connectivity index (χ0) is 11.3. The van der Waals surface area contributed by atoms with Crippen molar-refractivity contribution in [1.82, 2.24) is 0 Å². The first kappa shape index (κ1) is 18.7. The first-order valence-electron chi connectivity index (χ1n) is 5.48. The van der Waals surface area contributed by atoms with E-state index in [1.807, 2.05) is 0 Å². The second-order valence-electron chi connectivity index (χ2n) is 3.89. The van der Waals surface area contributed by atoms with Gasteiger partial charge in [0.05, 0.1) is 6.10 Å². The van der Waals surface area contributed by atoms with Crippen LogP contribution in [0.1, 0.15) is 61.3 Å². The summed E-state index contributed by atoms with van der Waals surface area (Å²) in [5, 5.41) is 0. The Labute approximate surface area is 85.9 Å². The molecule has 0 bridgehead atoms. The Bertz CT molecular complexity index is 53.4. The molecule has 0 radical (unpaired) electrons. The van der Waals surface area contributed by atoms with Crippen LogP contribution in [-0.2, 0) is 4.74 Å². The van der Waals surface area contributed by atoms with Crippen LogP contribution in [0.3, 0.4) is 0 Å². The van der Waals surface area contributed by atoms with Gasteiger partial charge in [0.1, 0.15) is 0 Å². The molecular weight excluding hydrogens is 160 g/mol. The first-order chi connectivity index (χ1) is 5.95.